The van der Waals surface area contributed by atoms with Crippen molar-refractivity contribution in [2.75, 3.05) is 13.6 Å². The lowest BCUT2D eigenvalue weighted by Gasteiger charge is -2.52. The van der Waals surface area contributed by atoms with E-state index in [1.807, 2.05) is 67.3 Å². The van der Waals surface area contributed by atoms with Crippen molar-refractivity contribution in [3.05, 3.63) is 82.4 Å². The number of amides is 1. The SMILES string of the molecule is C=CCCC1(C)C[C@H](c2cccc(Cl)c2)[C@@H](c2ccc(Cl)cc2)N([C@H](CC)CN(C)S(=O)(=O)C2CC2)C1=O. The minimum absolute atomic E-state index is 0.0400. The van der Waals surface area contributed by atoms with Crippen LogP contribution in [0.2, 0.25) is 10.0 Å². The van der Waals surface area contributed by atoms with Crippen LogP contribution in [0, 0.1) is 5.41 Å². The first-order chi connectivity index (χ1) is 18.0. The number of halogens is 2. The van der Waals surface area contributed by atoms with Crippen molar-refractivity contribution < 1.29 is 13.2 Å². The molecule has 0 aromatic heterocycles. The number of piperidine rings is 1. The molecule has 0 radical (unpaired) electrons. The van der Waals surface area contributed by atoms with Gasteiger partial charge >= 0.3 is 0 Å². The highest BCUT2D eigenvalue weighted by atomic mass is 35.5. The van der Waals surface area contributed by atoms with Crippen LogP contribution in [0.15, 0.2) is 61.2 Å². The van der Waals surface area contributed by atoms with Crippen molar-refractivity contribution in [3.63, 3.8) is 0 Å². The molecular formula is C30H38Cl2N2O3S. The van der Waals surface area contributed by atoms with Gasteiger partial charge in [-0.05, 0) is 73.9 Å². The molecule has 5 nitrogen and oxygen atoms in total. The third-order valence-electron chi connectivity index (χ3n) is 8.20. The first-order valence-electron chi connectivity index (χ1n) is 13.4. The number of carbonyl (C=O) groups is 1. The van der Waals surface area contributed by atoms with E-state index in [-0.39, 0.29) is 35.7 Å². The number of likely N-dealkylation sites (N-methyl/N-ethyl adjacent to an activating group) is 1. The number of allylic oxidation sites excluding steroid dienone is 1. The Morgan fingerprint density at radius 1 is 1.13 bits per heavy atom. The van der Waals surface area contributed by atoms with E-state index >= 15 is 0 Å². The molecule has 206 valence electrons. The molecule has 1 unspecified atom stereocenters. The zero-order valence-corrected chi connectivity index (χ0v) is 24.8. The van der Waals surface area contributed by atoms with Gasteiger partial charge in [-0.2, -0.15) is 0 Å². The Morgan fingerprint density at radius 2 is 1.82 bits per heavy atom. The van der Waals surface area contributed by atoms with Gasteiger partial charge in [0.15, 0.2) is 0 Å². The molecule has 8 heteroatoms. The summed E-state index contributed by atoms with van der Waals surface area (Å²) < 4.78 is 27.6. The Kier molecular flexibility index (Phi) is 8.98. The van der Waals surface area contributed by atoms with E-state index in [2.05, 4.69) is 12.6 Å². The predicted molar refractivity (Wildman–Crippen MR) is 156 cm³/mol. The Balaban J connectivity index is 1.84. The number of carbonyl (C=O) groups excluding carboxylic acids is 1. The van der Waals surface area contributed by atoms with E-state index in [0.29, 0.717) is 42.1 Å². The van der Waals surface area contributed by atoms with Crippen LogP contribution in [0.4, 0.5) is 0 Å². The molecule has 1 heterocycles. The maximum atomic E-state index is 14.5. The number of likely N-dealkylation sites (tertiary alicyclic amines) is 1. The fourth-order valence-electron chi connectivity index (χ4n) is 5.86. The molecule has 0 N–H and O–H groups in total. The quantitative estimate of drug-likeness (QED) is 0.265. The molecular weight excluding hydrogens is 539 g/mol. The third kappa shape index (κ3) is 5.99. The summed E-state index contributed by atoms with van der Waals surface area (Å²) in [5, 5.41) is 0.974. The largest absolute Gasteiger partial charge is 0.330 e. The molecule has 1 amide bonds. The number of hydrogen-bond acceptors (Lipinski definition) is 3. The van der Waals surface area contributed by atoms with Gasteiger partial charge in [-0.3, -0.25) is 4.79 Å². The summed E-state index contributed by atoms with van der Waals surface area (Å²) in [4.78, 5) is 16.5. The molecule has 38 heavy (non-hydrogen) atoms. The van der Waals surface area contributed by atoms with Crippen LogP contribution in [0.1, 0.15) is 75.5 Å². The Labute approximate surface area is 237 Å². The summed E-state index contributed by atoms with van der Waals surface area (Å²) >= 11 is 12.7. The first kappa shape index (κ1) is 29.1. The average molecular weight is 578 g/mol. The third-order valence-corrected chi connectivity index (χ3v) is 11.0. The number of hydrogen-bond donors (Lipinski definition) is 0. The highest BCUT2D eigenvalue weighted by molar-refractivity contribution is 7.90. The van der Waals surface area contributed by atoms with Gasteiger partial charge in [0.1, 0.15) is 0 Å². The Hall–Kier alpha value is -1.86. The van der Waals surface area contributed by atoms with Gasteiger partial charge in [0.05, 0.1) is 11.3 Å². The zero-order valence-electron chi connectivity index (χ0n) is 22.4. The second-order valence-corrected chi connectivity index (χ2v) is 14.2. The highest BCUT2D eigenvalue weighted by Crippen LogP contribution is 2.52. The summed E-state index contributed by atoms with van der Waals surface area (Å²) in [6, 6.07) is 14.9. The Morgan fingerprint density at radius 3 is 2.39 bits per heavy atom. The van der Waals surface area contributed by atoms with Gasteiger partial charge in [0.2, 0.25) is 15.9 Å². The van der Waals surface area contributed by atoms with E-state index in [1.165, 1.54) is 4.31 Å². The van der Waals surface area contributed by atoms with E-state index < -0.39 is 15.4 Å². The summed E-state index contributed by atoms with van der Waals surface area (Å²) in [7, 11) is -1.74. The summed E-state index contributed by atoms with van der Waals surface area (Å²) in [5.41, 5.74) is 1.41. The lowest BCUT2D eigenvalue weighted by molar-refractivity contribution is -0.155. The van der Waals surface area contributed by atoms with E-state index in [4.69, 9.17) is 23.2 Å². The molecule has 2 aromatic carbocycles. The molecule has 1 saturated carbocycles. The van der Waals surface area contributed by atoms with Crippen molar-refractivity contribution in [1.29, 1.82) is 0 Å². The van der Waals surface area contributed by atoms with Crippen LogP contribution >= 0.6 is 23.2 Å². The maximum absolute atomic E-state index is 14.5. The molecule has 1 aliphatic carbocycles. The lowest BCUT2D eigenvalue weighted by atomic mass is 9.66. The van der Waals surface area contributed by atoms with Crippen LogP contribution in [0.25, 0.3) is 0 Å². The maximum Gasteiger partial charge on any atom is 0.229 e. The number of rotatable bonds is 11. The topological polar surface area (TPSA) is 57.7 Å². The molecule has 4 rings (SSSR count). The summed E-state index contributed by atoms with van der Waals surface area (Å²) in [5.74, 6) is 0.0171. The number of nitrogens with zero attached hydrogens (tertiary/aromatic N) is 2. The summed E-state index contributed by atoms with van der Waals surface area (Å²) in [6.45, 7) is 8.21. The van der Waals surface area contributed by atoms with Crippen molar-refractivity contribution in [1.82, 2.24) is 9.21 Å². The number of sulfonamides is 1. The second kappa shape index (κ2) is 11.7. The van der Waals surface area contributed by atoms with Crippen LogP contribution in [0.3, 0.4) is 0 Å². The molecule has 2 aliphatic rings. The molecule has 2 fully saturated rings. The minimum atomic E-state index is -3.38. The minimum Gasteiger partial charge on any atom is -0.330 e. The van der Waals surface area contributed by atoms with Crippen molar-refractivity contribution in [2.45, 2.75) is 75.6 Å². The molecule has 0 bridgehead atoms. The van der Waals surface area contributed by atoms with E-state index in [1.54, 1.807) is 7.05 Å². The fraction of sp³-hybridized carbons (Fsp3) is 0.500. The van der Waals surface area contributed by atoms with Gasteiger partial charge in [-0.25, -0.2) is 12.7 Å². The smallest absolute Gasteiger partial charge is 0.229 e. The van der Waals surface area contributed by atoms with Crippen LogP contribution in [0.5, 0.6) is 0 Å². The molecule has 1 aliphatic heterocycles. The van der Waals surface area contributed by atoms with Gasteiger partial charge in [0.25, 0.3) is 0 Å². The predicted octanol–water partition coefficient (Wildman–Crippen LogP) is 7.23. The first-order valence-corrected chi connectivity index (χ1v) is 15.7. The Bertz CT molecular complexity index is 1260. The van der Waals surface area contributed by atoms with Crippen LogP contribution in [-0.2, 0) is 14.8 Å². The highest BCUT2D eigenvalue weighted by Gasteiger charge is 2.51. The van der Waals surface area contributed by atoms with E-state index in [9.17, 15) is 13.2 Å². The van der Waals surface area contributed by atoms with Crippen LogP contribution < -0.4 is 0 Å². The lowest BCUT2D eigenvalue weighted by Crippen LogP contribution is -2.58. The normalized spacial score (nSPS) is 25.0. The zero-order chi connectivity index (χ0) is 27.7. The molecule has 2 aromatic rings. The molecule has 1 saturated heterocycles. The van der Waals surface area contributed by atoms with Gasteiger partial charge < -0.3 is 4.90 Å². The average Bonchev–Trinajstić information content (AvgIpc) is 3.75. The second-order valence-electron chi connectivity index (χ2n) is 11.0. The van der Waals surface area contributed by atoms with Gasteiger partial charge in [0, 0.05) is 41.0 Å². The molecule has 0 spiro atoms. The van der Waals surface area contributed by atoms with Crippen molar-refractivity contribution in [3.8, 4) is 0 Å². The molecule has 4 atom stereocenters. The monoisotopic (exact) mass is 576 g/mol. The fourth-order valence-corrected chi connectivity index (χ4v) is 7.81. The van der Waals surface area contributed by atoms with Crippen molar-refractivity contribution in [2.24, 2.45) is 5.41 Å². The van der Waals surface area contributed by atoms with Gasteiger partial charge in [-0.15, -0.1) is 6.58 Å². The standard InChI is InChI=1S/C30H38Cl2N2O3S/c1-5-7-17-30(3)19-27(22-9-8-10-24(32)18-22)28(21-11-13-23(31)14-12-21)34(29(30)35)25(6-2)20-33(4)38(36,37)26-15-16-26/h5,8-14,18,25-28H,1,6-7,15-17,19-20H2,2-4H3/t25-,27-,28-,30?/m1/s1. The van der Waals surface area contributed by atoms with Crippen LogP contribution in [-0.4, -0.2) is 48.4 Å². The number of benzene rings is 2. The van der Waals surface area contributed by atoms with E-state index in [0.717, 1.165) is 17.5 Å². The van der Waals surface area contributed by atoms with Crippen molar-refractivity contribution >= 4 is 39.1 Å². The summed E-state index contributed by atoms with van der Waals surface area (Å²) in [6.07, 6.45) is 5.93. The van der Waals surface area contributed by atoms with Gasteiger partial charge in [-0.1, -0.05) is 67.4 Å².